The number of nitrogens with one attached hydrogen (secondary N) is 1. The van der Waals surface area contributed by atoms with E-state index in [0.717, 1.165) is 25.4 Å². The predicted octanol–water partition coefficient (Wildman–Crippen LogP) is 2.02. The van der Waals surface area contributed by atoms with E-state index in [-0.39, 0.29) is 0 Å². The van der Waals surface area contributed by atoms with Gasteiger partial charge in [0, 0.05) is 31.2 Å². The number of methoxy groups -OCH3 is 1. The molecule has 1 aliphatic rings. The number of aryl methyl sites for hydroxylation is 2. The zero-order chi connectivity index (χ0) is 13.3. The maximum Gasteiger partial charge on any atom is 0.126 e. The van der Waals surface area contributed by atoms with Gasteiger partial charge in [-0.3, -0.25) is 4.90 Å². The SMILES string of the molecule is COc1c(C)c(C)cc(C)c1CN(C)C1CNC1. The molecule has 0 amide bonds. The number of benzene rings is 1. The van der Waals surface area contributed by atoms with Crippen molar-refractivity contribution in [2.24, 2.45) is 0 Å². The molecule has 0 unspecified atom stereocenters. The van der Waals surface area contributed by atoms with Crippen molar-refractivity contribution in [1.29, 1.82) is 0 Å². The molecule has 100 valence electrons. The first-order chi connectivity index (χ1) is 8.54. The fourth-order valence-electron chi connectivity index (χ4n) is 2.54. The quantitative estimate of drug-likeness (QED) is 0.882. The maximum atomic E-state index is 5.63. The number of hydrogen-bond acceptors (Lipinski definition) is 3. The molecular formula is C15H24N2O. The Labute approximate surface area is 110 Å². The molecule has 1 aromatic carbocycles. The van der Waals surface area contributed by atoms with E-state index in [0.29, 0.717) is 6.04 Å². The summed E-state index contributed by atoms with van der Waals surface area (Å²) >= 11 is 0. The van der Waals surface area contributed by atoms with Crippen molar-refractivity contribution in [3.63, 3.8) is 0 Å². The molecule has 18 heavy (non-hydrogen) atoms. The van der Waals surface area contributed by atoms with E-state index in [1.807, 2.05) is 0 Å². The van der Waals surface area contributed by atoms with Crippen LogP contribution < -0.4 is 10.1 Å². The Morgan fingerprint density at radius 2 is 1.94 bits per heavy atom. The summed E-state index contributed by atoms with van der Waals surface area (Å²) in [4.78, 5) is 2.41. The van der Waals surface area contributed by atoms with Gasteiger partial charge in [-0.05, 0) is 44.5 Å². The minimum absolute atomic E-state index is 0.663. The number of rotatable bonds is 4. The van der Waals surface area contributed by atoms with Gasteiger partial charge in [-0.25, -0.2) is 0 Å². The molecule has 0 radical (unpaired) electrons. The van der Waals surface area contributed by atoms with Crippen LogP contribution in [0, 0.1) is 20.8 Å². The molecule has 0 bridgehead atoms. The van der Waals surface area contributed by atoms with Crippen LogP contribution in [0.2, 0.25) is 0 Å². The van der Waals surface area contributed by atoms with E-state index in [1.54, 1.807) is 7.11 Å². The van der Waals surface area contributed by atoms with Crippen molar-refractivity contribution in [2.75, 3.05) is 27.2 Å². The third kappa shape index (κ3) is 2.38. The molecule has 3 heteroatoms. The molecule has 1 fully saturated rings. The Hall–Kier alpha value is -1.06. The lowest BCUT2D eigenvalue weighted by Crippen LogP contribution is -2.55. The lowest BCUT2D eigenvalue weighted by atomic mass is 9.98. The fourth-order valence-corrected chi connectivity index (χ4v) is 2.54. The molecule has 1 N–H and O–H groups in total. The first-order valence-electron chi connectivity index (χ1n) is 6.59. The van der Waals surface area contributed by atoms with Crippen molar-refractivity contribution in [3.05, 3.63) is 28.3 Å². The van der Waals surface area contributed by atoms with E-state index in [9.17, 15) is 0 Å². The van der Waals surface area contributed by atoms with Gasteiger partial charge in [0.05, 0.1) is 7.11 Å². The molecule has 0 aliphatic carbocycles. The Morgan fingerprint density at radius 3 is 2.44 bits per heavy atom. The van der Waals surface area contributed by atoms with Gasteiger partial charge in [-0.2, -0.15) is 0 Å². The zero-order valence-electron chi connectivity index (χ0n) is 12.1. The topological polar surface area (TPSA) is 24.5 Å². The molecule has 1 heterocycles. The average molecular weight is 248 g/mol. The van der Waals surface area contributed by atoms with E-state index >= 15 is 0 Å². The molecule has 0 spiro atoms. The van der Waals surface area contributed by atoms with Crippen LogP contribution in [-0.4, -0.2) is 38.2 Å². The van der Waals surface area contributed by atoms with Crippen molar-refractivity contribution >= 4 is 0 Å². The minimum atomic E-state index is 0.663. The van der Waals surface area contributed by atoms with Gasteiger partial charge in [-0.15, -0.1) is 0 Å². The minimum Gasteiger partial charge on any atom is -0.496 e. The van der Waals surface area contributed by atoms with Gasteiger partial charge in [0.2, 0.25) is 0 Å². The van der Waals surface area contributed by atoms with Gasteiger partial charge in [0.15, 0.2) is 0 Å². The lowest BCUT2D eigenvalue weighted by Gasteiger charge is -2.36. The van der Waals surface area contributed by atoms with Crippen LogP contribution in [-0.2, 0) is 6.54 Å². The predicted molar refractivity (Wildman–Crippen MR) is 75.3 cm³/mol. The first-order valence-corrected chi connectivity index (χ1v) is 6.59. The largest absolute Gasteiger partial charge is 0.496 e. The molecule has 3 nitrogen and oxygen atoms in total. The second kappa shape index (κ2) is 5.29. The Bertz CT molecular complexity index is 439. The highest BCUT2D eigenvalue weighted by Gasteiger charge is 2.23. The van der Waals surface area contributed by atoms with Gasteiger partial charge in [-0.1, -0.05) is 6.07 Å². The summed E-state index contributed by atoms with van der Waals surface area (Å²) in [6.07, 6.45) is 0. The standard InChI is InChI=1S/C15H24N2O/c1-10-6-11(2)14(15(18-5)12(10)3)9-17(4)13-7-16-8-13/h6,13,16H,7-9H2,1-5H3. The normalized spacial score (nSPS) is 15.9. The maximum absolute atomic E-state index is 5.63. The summed E-state index contributed by atoms with van der Waals surface area (Å²) in [6.45, 7) is 9.63. The number of hydrogen-bond donors (Lipinski definition) is 1. The summed E-state index contributed by atoms with van der Waals surface area (Å²) in [5.41, 5.74) is 5.23. The molecule has 0 aromatic heterocycles. The summed E-state index contributed by atoms with van der Waals surface area (Å²) in [7, 11) is 3.97. The average Bonchev–Trinajstić information content (AvgIpc) is 2.24. The first kappa shape index (κ1) is 13.4. The van der Waals surface area contributed by atoms with Gasteiger partial charge >= 0.3 is 0 Å². The van der Waals surface area contributed by atoms with E-state index in [1.165, 1.54) is 22.3 Å². The molecule has 1 aliphatic heterocycles. The highest BCUT2D eigenvalue weighted by molar-refractivity contribution is 5.49. The van der Waals surface area contributed by atoms with Gasteiger partial charge in [0.1, 0.15) is 5.75 Å². The molecule has 0 atom stereocenters. The van der Waals surface area contributed by atoms with Gasteiger partial charge < -0.3 is 10.1 Å². The van der Waals surface area contributed by atoms with Crippen LogP contribution in [0.3, 0.4) is 0 Å². The zero-order valence-corrected chi connectivity index (χ0v) is 12.1. The van der Waals surface area contributed by atoms with Gasteiger partial charge in [0.25, 0.3) is 0 Å². The van der Waals surface area contributed by atoms with Crippen LogP contribution in [0.25, 0.3) is 0 Å². The summed E-state index contributed by atoms with van der Waals surface area (Å²) in [6, 6.07) is 2.93. The van der Waals surface area contributed by atoms with Crippen molar-refractivity contribution in [1.82, 2.24) is 10.2 Å². The highest BCUT2D eigenvalue weighted by Crippen LogP contribution is 2.30. The van der Waals surface area contributed by atoms with Crippen LogP contribution >= 0.6 is 0 Å². The number of ether oxygens (including phenoxy) is 1. The fraction of sp³-hybridized carbons (Fsp3) is 0.600. The van der Waals surface area contributed by atoms with Crippen LogP contribution in [0.5, 0.6) is 5.75 Å². The van der Waals surface area contributed by atoms with Crippen molar-refractivity contribution in [2.45, 2.75) is 33.4 Å². The van der Waals surface area contributed by atoms with E-state index in [2.05, 4.69) is 44.1 Å². The Kier molecular flexibility index (Phi) is 3.93. The second-order valence-corrected chi connectivity index (χ2v) is 5.37. The van der Waals surface area contributed by atoms with Crippen LogP contribution in [0.4, 0.5) is 0 Å². The summed E-state index contributed by atoms with van der Waals surface area (Å²) in [5.74, 6) is 1.06. The molecule has 2 rings (SSSR count). The number of likely N-dealkylation sites (N-methyl/N-ethyl adjacent to an activating group) is 1. The Balaban J connectivity index is 2.28. The monoisotopic (exact) mass is 248 g/mol. The van der Waals surface area contributed by atoms with Crippen molar-refractivity contribution < 1.29 is 4.74 Å². The lowest BCUT2D eigenvalue weighted by molar-refractivity contribution is 0.171. The molecule has 1 saturated heterocycles. The smallest absolute Gasteiger partial charge is 0.126 e. The molecule has 1 aromatic rings. The number of nitrogens with zero attached hydrogens (tertiary/aromatic N) is 1. The van der Waals surface area contributed by atoms with E-state index in [4.69, 9.17) is 4.74 Å². The van der Waals surface area contributed by atoms with Crippen molar-refractivity contribution in [3.8, 4) is 5.75 Å². The van der Waals surface area contributed by atoms with E-state index < -0.39 is 0 Å². The Morgan fingerprint density at radius 1 is 1.28 bits per heavy atom. The highest BCUT2D eigenvalue weighted by atomic mass is 16.5. The molecular weight excluding hydrogens is 224 g/mol. The van der Waals surface area contributed by atoms with Crippen LogP contribution in [0.1, 0.15) is 22.3 Å². The summed E-state index contributed by atoms with van der Waals surface area (Å²) in [5, 5.41) is 3.32. The summed E-state index contributed by atoms with van der Waals surface area (Å²) < 4.78 is 5.63. The van der Waals surface area contributed by atoms with Crippen LogP contribution in [0.15, 0.2) is 6.07 Å². The second-order valence-electron chi connectivity index (χ2n) is 5.37. The molecule has 0 saturated carbocycles. The third-order valence-electron chi connectivity index (χ3n) is 4.11. The third-order valence-corrected chi connectivity index (χ3v) is 4.11.